The van der Waals surface area contributed by atoms with Gasteiger partial charge in [0.2, 0.25) is 0 Å². The first-order valence-corrected chi connectivity index (χ1v) is 6.15. The molecular formula is C13H19N5. The molecule has 1 atom stereocenters. The van der Waals surface area contributed by atoms with Crippen LogP contribution in [0.2, 0.25) is 0 Å². The quantitative estimate of drug-likeness (QED) is 0.887. The summed E-state index contributed by atoms with van der Waals surface area (Å²) in [5.41, 5.74) is 4.30. The predicted octanol–water partition coefficient (Wildman–Crippen LogP) is 1.53. The molecule has 1 unspecified atom stereocenters. The van der Waals surface area contributed by atoms with Crippen molar-refractivity contribution in [2.45, 2.75) is 26.8 Å². The van der Waals surface area contributed by atoms with Gasteiger partial charge in [0, 0.05) is 18.4 Å². The fraction of sp³-hybridized carbons (Fsp3) is 0.462. The molecule has 0 saturated heterocycles. The molecule has 0 saturated carbocycles. The van der Waals surface area contributed by atoms with Crippen LogP contribution in [0.4, 0.5) is 0 Å². The van der Waals surface area contributed by atoms with Crippen LogP contribution in [0.25, 0.3) is 0 Å². The fourth-order valence-electron chi connectivity index (χ4n) is 2.14. The van der Waals surface area contributed by atoms with Crippen molar-refractivity contribution >= 4 is 0 Å². The fourth-order valence-corrected chi connectivity index (χ4v) is 2.14. The summed E-state index contributed by atoms with van der Waals surface area (Å²) in [5.74, 6) is 0. The summed E-state index contributed by atoms with van der Waals surface area (Å²) >= 11 is 0. The number of nitrogens with zero attached hydrogens (tertiary/aromatic N) is 4. The first kappa shape index (κ1) is 12.7. The Hall–Kier alpha value is -1.75. The average Bonchev–Trinajstić information content (AvgIpc) is 2.73. The van der Waals surface area contributed by atoms with Gasteiger partial charge in [-0.05, 0) is 32.0 Å². The average molecular weight is 245 g/mol. The highest BCUT2D eigenvalue weighted by Gasteiger charge is 2.19. The van der Waals surface area contributed by atoms with E-state index in [0.717, 1.165) is 23.6 Å². The lowest BCUT2D eigenvalue weighted by Gasteiger charge is -2.19. The molecule has 0 aliphatic carbocycles. The van der Waals surface area contributed by atoms with Crippen LogP contribution < -0.4 is 5.32 Å². The zero-order valence-corrected chi connectivity index (χ0v) is 11.3. The van der Waals surface area contributed by atoms with E-state index in [4.69, 9.17) is 0 Å². The van der Waals surface area contributed by atoms with E-state index in [1.165, 1.54) is 5.56 Å². The zero-order valence-electron chi connectivity index (χ0n) is 11.3. The lowest BCUT2D eigenvalue weighted by Crippen LogP contribution is -2.25. The molecule has 0 aliphatic heterocycles. The van der Waals surface area contributed by atoms with Crippen LogP contribution in [-0.4, -0.2) is 26.5 Å². The number of aromatic nitrogens is 4. The van der Waals surface area contributed by atoms with Gasteiger partial charge in [-0.3, -0.25) is 9.67 Å². The third-order valence-corrected chi connectivity index (χ3v) is 3.03. The summed E-state index contributed by atoms with van der Waals surface area (Å²) in [6, 6.07) is 4.25. The molecule has 0 bridgehead atoms. The first-order valence-electron chi connectivity index (χ1n) is 6.15. The van der Waals surface area contributed by atoms with Gasteiger partial charge >= 0.3 is 0 Å². The standard InChI is InChI=1S/C13H19N5/c1-5-14-13(12-8-15-17-18(12)4)11-7-6-9(2)16-10(11)3/h6-8,13-14H,5H2,1-4H3. The number of hydrogen-bond donors (Lipinski definition) is 1. The molecule has 2 rings (SSSR count). The molecule has 0 aromatic carbocycles. The van der Waals surface area contributed by atoms with E-state index in [1.54, 1.807) is 10.9 Å². The number of pyridine rings is 1. The predicted molar refractivity (Wildman–Crippen MR) is 70.2 cm³/mol. The van der Waals surface area contributed by atoms with E-state index in [1.807, 2.05) is 27.0 Å². The summed E-state index contributed by atoms with van der Waals surface area (Å²) in [7, 11) is 1.91. The number of hydrogen-bond acceptors (Lipinski definition) is 4. The van der Waals surface area contributed by atoms with Crippen LogP contribution in [-0.2, 0) is 7.05 Å². The van der Waals surface area contributed by atoms with Crippen molar-refractivity contribution in [3.05, 3.63) is 41.0 Å². The van der Waals surface area contributed by atoms with Crippen LogP contribution in [0.1, 0.15) is 35.6 Å². The molecular weight excluding hydrogens is 226 g/mol. The Labute approximate surface area is 107 Å². The largest absolute Gasteiger partial charge is 0.305 e. The van der Waals surface area contributed by atoms with Gasteiger partial charge in [0.15, 0.2) is 0 Å². The molecule has 2 aromatic heterocycles. The lowest BCUT2D eigenvalue weighted by atomic mass is 10.0. The summed E-state index contributed by atoms with van der Waals surface area (Å²) in [6.45, 7) is 7.01. The van der Waals surface area contributed by atoms with Crippen LogP contribution in [0, 0.1) is 13.8 Å². The highest BCUT2D eigenvalue weighted by Crippen LogP contribution is 2.23. The van der Waals surface area contributed by atoms with Crippen molar-refractivity contribution in [3.63, 3.8) is 0 Å². The summed E-state index contributed by atoms with van der Waals surface area (Å²) in [4.78, 5) is 4.53. The van der Waals surface area contributed by atoms with E-state index in [0.29, 0.717) is 0 Å². The Bertz CT molecular complexity index is 532. The van der Waals surface area contributed by atoms with Crippen molar-refractivity contribution < 1.29 is 0 Å². The second kappa shape index (κ2) is 5.27. The molecule has 1 N–H and O–H groups in total. The van der Waals surface area contributed by atoms with Crippen LogP contribution in [0.3, 0.4) is 0 Å². The SMILES string of the molecule is CCNC(c1ccc(C)nc1C)c1cnnn1C. The normalized spacial score (nSPS) is 12.7. The molecule has 5 heteroatoms. The molecule has 96 valence electrons. The molecule has 0 aliphatic rings. The van der Waals surface area contributed by atoms with E-state index in [9.17, 15) is 0 Å². The van der Waals surface area contributed by atoms with Crippen molar-refractivity contribution in [2.24, 2.45) is 7.05 Å². The minimum atomic E-state index is 0.0862. The monoisotopic (exact) mass is 245 g/mol. The molecule has 5 nitrogen and oxygen atoms in total. The molecule has 0 amide bonds. The van der Waals surface area contributed by atoms with Crippen LogP contribution >= 0.6 is 0 Å². The van der Waals surface area contributed by atoms with Gasteiger partial charge in [-0.1, -0.05) is 18.2 Å². The third kappa shape index (κ3) is 2.41. The van der Waals surface area contributed by atoms with E-state index < -0.39 is 0 Å². The molecule has 0 radical (unpaired) electrons. The van der Waals surface area contributed by atoms with Gasteiger partial charge in [-0.15, -0.1) is 5.10 Å². The minimum absolute atomic E-state index is 0.0862. The number of aryl methyl sites for hydroxylation is 3. The summed E-state index contributed by atoms with van der Waals surface area (Å²) in [6.07, 6.45) is 1.80. The van der Waals surface area contributed by atoms with Crippen molar-refractivity contribution in [1.82, 2.24) is 25.3 Å². The molecule has 0 spiro atoms. The van der Waals surface area contributed by atoms with Crippen molar-refractivity contribution in [2.75, 3.05) is 6.54 Å². The topological polar surface area (TPSA) is 55.6 Å². The maximum Gasteiger partial charge on any atom is 0.0799 e. The maximum absolute atomic E-state index is 4.53. The second-order valence-electron chi connectivity index (χ2n) is 4.40. The van der Waals surface area contributed by atoms with Gasteiger partial charge in [0.1, 0.15) is 0 Å². The molecule has 2 heterocycles. The van der Waals surface area contributed by atoms with Gasteiger partial charge in [0.05, 0.1) is 17.9 Å². The van der Waals surface area contributed by atoms with Gasteiger partial charge in [-0.2, -0.15) is 0 Å². The van der Waals surface area contributed by atoms with Crippen molar-refractivity contribution in [3.8, 4) is 0 Å². The van der Waals surface area contributed by atoms with Crippen LogP contribution in [0.5, 0.6) is 0 Å². The zero-order chi connectivity index (χ0) is 13.1. The van der Waals surface area contributed by atoms with Gasteiger partial charge in [-0.25, -0.2) is 0 Å². The molecule has 18 heavy (non-hydrogen) atoms. The first-order chi connectivity index (χ1) is 8.63. The maximum atomic E-state index is 4.53. The Kier molecular flexibility index (Phi) is 3.72. The Morgan fingerprint density at radius 1 is 1.33 bits per heavy atom. The summed E-state index contributed by atoms with van der Waals surface area (Å²) < 4.78 is 1.80. The smallest absolute Gasteiger partial charge is 0.0799 e. The van der Waals surface area contributed by atoms with E-state index >= 15 is 0 Å². The van der Waals surface area contributed by atoms with Crippen molar-refractivity contribution in [1.29, 1.82) is 0 Å². The second-order valence-corrected chi connectivity index (χ2v) is 4.40. The van der Waals surface area contributed by atoms with E-state index in [-0.39, 0.29) is 6.04 Å². The third-order valence-electron chi connectivity index (χ3n) is 3.03. The number of nitrogens with one attached hydrogen (secondary N) is 1. The van der Waals surface area contributed by atoms with E-state index in [2.05, 4.69) is 33.6 Å². The number of rotatable bonds is 4. The summed E-state index contributed by atoms with van der Waals surface area (Å²) in [5, 5.41) is 11.4. The van der Waals surface area contributed by atoms with Crippen LogP contribution in [0.15, 0.2) is 18.3 Å². The minimum Gasteiger partial charge on any atom is -0.305 e. The Morgan fingerprint density at radius 2 is 2.11 bits per heavy atom. The highest BCUT2D eigenvalue weighted by atomic mass is 15.4. The Morgan fingerprint density at radius 3 is 2.67 bits per heavy atom. The lowest BCUT2D eigenvalue weighted by molar-refractivity contribution is 0.564. The highest BCUT2D eigenvalue weighted by molar-refractivity contribution is 5.31. The van der Waals surface area contributed by atoms with Gasteiger partial charge < -0.3 is 5.32 Å². The Balaban J connectivity index is 2.45. The van der Waals surface area contributed by atoms with Gasteiger partial charge in [0.25, 0.3) is 0 Å². The molecule has 2 aromatic rings. The molecule has 0 fully saturated rings.